The summed E-state index contributed by atoms with van der Waals surface area (Å²) in [6.45, 7) is 0. The van der Waals surface area contributed by atoms with E-state index in [0.717, 1.165) is 11.1 Å². The minimum Gasteiger partial charge on any atom is -0.456 e. The number of nitrogens with zero attached hydrogens (tertiary/aromatic N) is 3. The Hall–Kier alpha value is -6.65. The maximum Gasteiger partial charge on any atom is 0.164 e. The van der Waals surface area contributed by atoms with Crippen LogP contribution in [0.5, 0.6) is 0 Å². The zero-order valence-corrected chi connectivity index (χ0v) is 25.5. The first-order valence-electron chi connectivity index (χ1n) is 21.1. The lowest BCUT2D eigenvalue weighted by Crippen LogP contribution is -2.00. The van der Waals surface area contributed by atoms with E-state index < -0.39 is 60.4 Å². The fourth-order valence-corrected chi connectivity index (χ4v) is 6.40. The Labute approximate surface area is 297 Å². The molecule has 0 aliphatic carbocycles. The molecule has 0 amide bonds. The van der Waals surface area contributed by atoms with Crippen LogP contribution < -0.4 is 0 Å². The van der Waals surface area contributed by atoms with Crippen molar-refractivity contribution in [3.05, 3.63) is 164 Å². The van der Waals surface area contributed by atoms with E-state index >= 15 is 0 Å². The fraction of sp³-hybridized carbons (Fsp3) is 0. The van der Waals surface area contributed by atoms with Gasteiger partial charge in [-0.05, 0) is 67.7 Å². The maximum absolute atomic E-state index is 9.71. The molecule has 0 unspecified atom stereocenters. The topological polar surface area (TPSA) is 51.8 Å². The molecular weight excluding hydrogens is 599 g/mol. The van der Waals surface area contributed by atoms with Crippen molar-refractivity contribution in [3.63, 3.8) is 0 Å². The second-order valence-electron chi connectivity index (χ2n) is 11.5. The average molecular weight is 637 g/mol. The first kappa shape index (κ1) is 18.6. The van der Waals surface area contributed by atoms with Crippen molar-refractivity contribution < 1.29 is 19.5 Å². The zero-order chi connectivity index (χ0) is 41.9. The Morgan fingerprint density at radius 1 is 0.408 bits per heavy atom. The summed E-state index contributed by atoms with van der Waals surface area (Å²) in [6, 6.07) is 23.8. The second-order valence-corrected chi connectivity index (χ2v) is 11.5. The molecule has 0 saturated carbocycles. The van der Waals surface area contributed by atoms with Crippen molar-refractivity contribution in [1.29, 1.82) is 0 Å². The molecule has 0 fully saturated rings. The van der Waals surface area contributed by atoms with Crippen molar-refractivity contribution in [2.75, 3.05) is 0 Å². The van der Waals surface area contributed by atoms with Crippen molar-refractivity contribution in [2.24, 2.45) is 0 Å². The standard InChI is InChI=1S/C45H27N3O/c1-3-12-28(13-4-1)43-46-44(29-14-5-2-6-15-29)48-45(47-43)37-20-11-21-41-42(37)39-27-31(23-25-40(39)49-41)30-22-24-36-34-18-8-7-16-32(34)33-17-9-10-19-35(33)38(36)26-30/h1-27H/i7D,8D,9D,10D,16D,17D,18D,19D,22D,24D,26D. The molecule has 0 bridgehead atoms. The van der Waals surface area contributed by atoms with Gasteiger partial charge in [-0.1, -0.05) is 139 Å². The molecule has 2 heterocycles. The van der Waals surface area contributed by atoms with Gasteiger partial charge in [0.2, 0.25) is 0 Å². The molecule has 228 valence electrons. The highest BCUT2D eigenvalue weighted by molar-refractivity contribution is 6.25. The van der Waals surface area contributed by atoms with Crippen LogP contribution in [-0.4, -0.2) is 15.0 Å². The number of fused-ring (bicyclic) bond motifs is 9. The van der Waals surface area contributed by atoms with Gasteiger partial charge < -0.3 is 4.42 Å². The minimum atomic E-state index is -0.620. The van der Waals surface area contributed by atoms with Gasteiger partial charge in [0, 0.05) is 27.5 Å². The van der Waals surface area contributed by atoms with Crippen molar-refractivity contribution in [3.8, 4) is 45.3 Å². The van der Waals surface area contributed by atoms with Gasteiger partial charge in [-0.25, -0.2) is 15.0 Å². The molecule has 4 nitrogen and oxygen atoms in total. The van der Waals surface area contributed by atoms with Crippen LogP contribution in [0.4, 0.5) is 0 Å². The number of aromatic nitrogens is 3. The average Bonchev–Trinajstić information content (AvgIpc) is 3.66. The van der Waals surface area contributed by atoms with Gasteiger partial charge in [0.15, 0.2) is 17.5 Å². The molecular formula is C45H27N3O. The molecule has 4 heteroatoms. The van der Waals surface area contributed by atoms with Gasteiger partial charge in [-0.3, -0.25) is 0 Å². The van der Waals surface area contributed by atoms with E-state index in [4.69, 9.17) is 30.3 Å². The zero-order valence-electron chi connectivity index (χ0n) is 36.5. The van der Waals surface area contributed by atoms with E-state index in [9.17, 15) is 4.11 Å². The van der Waals surface area contributed by atoms with Crippen molar-refractivity contribution >= 4 is 54.3 Å². The quantitative estimate of drug-likeness (QED) is 0.180. The lowest BCUT2D eigenvalue weighted by atomic mass is 9.92. The van der Waals surface area contributed by atoms with Crippen LogP contribution in [0.25, 0.3) is 99.5 Å². The molecule has 10 rings (SSSR count). The summed E-state index contributed by atoms with van der Waals surface area (Å²) in [4.78, 5) is 14.7. The Balaban J connectivity index is 1.29. The number of rotatable bonds is 4. The van der Waals surface area contributed by atoms with Gasteiger partial charge in [0.05, 0.1) is 15.1 Å². The van der Waals surface area contributed by atoms with Crippen molar-refractivity contribution in [1.82, 2.24) is 15.0 Å². The summed E-state index contributed by atoms with van der Waals surface area (Å²) in [5.41, 5.74) is 3.51. The van der Waals surface area contributed by atoms with Gasteiger partial charge >= 0.3 is 0 Å². The third-order valence-corrected chi connectivity index (χ3v) is 8.66. The molecule has 0 aliphatic heterocycles. The number of hydrogen-bond acceptors (Lipinski definition) is 4. The van der Waals surface area contributed by atoms with E-state index in [2.05, 4.69) is 0 Å². The predicted molar refractivity (Wildman–Crippen MR) is 201 cm³/mol. The second kappa shape index (κ2) is 11.0. The first-order valence-corrected chi connectivity index (χ1v) is 15.6. The van der Waals surface area contributed by atoms with Crippen LogP contribution in [0.2, 0.25) is 0 Å². The number of furan rings is 1. The smallest absolute Gasteiger partial charge is 0.164 e. The molecule has 0 radical (unpaired) electrons. The van der Waals surface area contributed by atoms with Gasteiger partial charge in [0.25, 0.3) is 0 Å². The molecule has 49 heavy (non-hydrogen) atoms. The lowest BCUT2D eigenvalue weighted by molar-refractivity contribution is 0.669. The number of hydrogen-bond donors (Lipinski definition) is 0. The van der Waals surface area contributed by atoms with Gasteiger partial charge in [-0.2, -0.15) is 0 Å². The van der Waals surface area contributed by atoms with Crippen LogP contribution in [-0.2, 0) is 0 Å². The van der Waals surface area contributed by atoms with E-state index in [1.54, 1.807) is 18.2 Å². The van der Waals surface area contributed by atoms with E-state index in [1.165, 1.54) is 0 Å². The SMILES string of the molecule is [2H]c1c([2H])c([2H])c2c(c1[2H])c1c([2H])c([2H])c([2H])c([2H])c1c1c([2H])c(-c3ccc4oc5cccc(-c6nc(-c7ccccc7)nc(-c7ccccc7)n6)c5c4c3)c([2H])c([2H])c21. The summed E-state index contributed by atoms with van der Waals surface area (Å²) >= 11 is 0. The summed E-state index contributed by atoms with van der Waals surface area (Å²) in [5.74, 6) is 1.30. The highest BCUT2D eigenvalue weighted by atomic mass is 16.3. The van der Waals surface area contributed by atoms with Crippen LogP contribution in [0.15, 0.2) is 168 Å². The Morgan fingerprint density at radius 3 is 1.61 bits per heavy atom. The van der Waals surface area contributed by atoms with E-state index in [1.807, 2.05) is 78.9 Å². The van der Waals surface area contributed by atoms with Gasteiger partial charge in [0.1, 0.15) is 11.2 Å². The Kier molecular flexibility index (Phi) is 4.17. The third kappa shape index (κ3) is 4.49. The normalized spacial score (nSPS) is 14.8. The van der Waals surface area contributed by atoms with Crippen LogP contribution >= 0.6 is 0 Å². The first-order chi connectivity index (χ1) is 28.9. The summed E-state index contributed by atoms with van der Waals surface area (Å²) in [7, 11) is 0. The molecule has 0 saturated heterocycles. The van der Waals surface area contributed by atoms with Crippen molar-refractivity contribution in [2.45, 2.75) is 0 Å². The van der Waals surface area contributed by atoms with Gasteiger partial charge in [-0.15, -0.1) is 0 Å². The third-order valence-electron chi connectivity index (χ3n) is 8.66. The Morgan fingerprint density at radius 2 is 0.980 bits per heavy atom. The highest BCUT2D eigenvalue weighted by Gasteiger charge is 2.18. The fourth-order valence-electron chi connectivity index (χ4n) is 6.40. The van der Waals surface area contributed by atoms with Crippen LogP contribution in [0.1, 0.15) is 15.1 Å². The molecule has 0 atom stereocenters. The minimum absolute atomic E-state index is 0.0204. The highest BCUT2D eigenvalue weighted by Crippen LogP contribution is 2.40. The molecule has 2 aromatic heterocycles. The van der Waals surface area contributed by atoms with E-state index in [0.29, 0.717) is 50.5 Å². The number of benzene rings is 8. The molecule has 0 aliphatic rings. The Bertz CT molecular complexity index is 3400. The lowest BCUT2D eigenvalue weighted by Gasteiger charge is -2.12. The maximum atomic E-state index is 9.71. The summed E-state index contributed by atoms with van der Waals surface area (Å²) < 4.78 is 104. The predicted octanol–water partition coefficient (Wildman–Crippen LogP) is 11.9. The molecule has 8 aromatic carbocycles. The monoisotopic (exact) mass is 636 g/mol. The molecule has 10 aromatic rings. The summed E-state index contributed by atoms with van der Waals surface area (Å²) in [6.07, 6.45) is 0. The van der Waals surface area contributed by atoms with Crippen LogP contribution in [0, 0.1) is 0 Å². The van der Waals surface area contributed by atoms with E-state index in [-0.39, 0.29) is 43.9 Å². The summed E-state index contributed by atoms with van der Waals surface area (Å²) in [5, 5.41) is 0.141. The molecule has 0 N–H and O–H groups in total. The van der Waals surface area contributed by atoms with Crippen LogP contribution in [0.3, 0.4) is 0 Å². The molecule has 0 spiro atoms. The largest absolute Gasteiger partial charge is 0.456 e.